The molecule has 0 radical (unpaired) electrons. The molecule has 110 valence electrons. The van der Waals surface area contributed by atoms with Crippen LogP contribution < -0.4 is 15.8 Å². The second kappa shape index (κ2) is 6.17. The third-order valence-corrected chi connectivity index (χ3v) is 3.15. The largest absolute Gasteiger partial charge is 0.497 e. The van der Waals surface area contributed by atoms with Gasteiger partial charge in [0.2, 0.25) is 0 Å². The van der Waals surface area contributed by atoms with E-state index in [2.05, 4.69) is 5.32 Å². The average molecular weight is 286 g/mol. The minimum absolute atomic E-state index is 0.350. The van der Waals surface area contributed by atoms with Gasteiger partial charge in [0.15, 0.2) is 0 Å². The van der Waals surface area contributed by atoms with Crippen LogP contribution in [0.1, 0.15) is 15.9 Å². The number of anilines is 3. The number of rotatable bonds is 4. The molecule has 2 aromatic carbocycles. The van der Waals surface area contributed by atoms with Crippen LogP contribution in [0.2, 0.25) is 0 Å². The molecule has 0 aromatic heterocycles. The fourth-order valence-corrected chi connectivity index (χ4v) is 2.02. The van der Waals surface area contributed by atoms with Crippen LogP contribution >= 0.6 is 0 Å². The predicted molar refractivity (Wildman–Crippen MR) is 83.2 cm³/mol. The highest BCUT2D eigenvalue weighted by Crippen LogP contribution is 2.27. The van der Waals surface area contributed by atoms with Gasteiger partial charge >= 0.3 is 5.97 Å². The Hall–Kier alpha value is -2.69. The minimum atomic E-state index is -0.454. The lowest BCUT2D eigenvalue weighted by Gasteiger charge is -2.13. The highest BCUT2D eigenvalue weighted by atomic mass is 16.5. The molecule has 5 nitrogen and oxygen atoms in total. The van der Waals surface area contributed by atoms with Gasteiger partial charge in [0, 0.05) is 23.1 Å². The molecule has 3 N–H and O–H groups in total. The number of carbonyl (C=O) groups is 1. The molecule has 0 bridgehead atoms. The predicted octanol–water partition coefficient (Wildman–Crippen LogP) is 3.12. The Morgan fingerprint density at radius 1 is 1.14 bits per heavy atom. The molecule has 0 spiro atoms. The Labute approximate surface area is 123 Å². The molecular formula is C16H18N2O3. The Morgan fingerprint density at radius 2 is 1.90 bits per heavy atom. The van der Waals surface area contributed by atoms with E-state index in [1.165, 1.54) is 7.11 Å². The first kappa shape index (κ1) is 14.7. The molecule has 5 heteroatoms. The van der Waals surface area contributed by atoms with Crippen LogP contribution in [-0.2, 0) is 4.74 Å². The highest BCUT2D eigenvalue weighted by molar-refractivity contribution is 5.97. The molecule has 0 atom stereocenters. The zero-order chi connectivity index (χ0) is 15.4. The summed E-state index contributed by atoms with van der Waals surface area (Å²) < 4.78 is 9.93. The van der Waals surface area contributed by atoms with Gasteiger partial charge in [-0.3, -0.25) is 0 Å². The smallest absolute Gasteiger partial charge is 0.340 e. The lowest BCUT2D eigenvalue weighted by Crippen LogP contribution is -2.08. The Balaban J connectivity index is 2.36. The van der Waals surface area contributed by atoms with Gasteiger partial charge in [0.05, 0.1) is 19.8 Å². The Bertz CT molecular complexity index is 669. The van der Waals surface area contributed by atoms with Crippen LogP contribution in [0.15, 0.2) is 36.4 Å². The summed E-state index contributed by atoms with van der Waals surface area (Å²) in [4.78, 5) is 11.7. The molecule has 21 heavy (non-hydrogen) atoms. The second-order valence-electron chi connectivity index (χ2n) is 4.60. The van der Waals surface area contributed by atoms with Crippen molar-refractivity contribution in [2.45, 2.75) is 6.92 Å². The molecule has 0 saturated carbocycles. The molecule has 0 aliphatic heterocycles. The van der Waals surface area contributed by atoms with Crippen LogP contribution in [0.5, 0.6) is 5.75 Å². The maximum absolute atomic E-state index is 11.7. The number of nitrogens with one attached hydrogen (secondary N) is 1. The molecule has 0 unspecified atom stereocenters. The van der Waals surface area contributed by atoms with Crippen molar-refractivity contribution in [3.8, 4) is 5.75 Å². The topological polar surface area (TPSA) is 73.6 Å². The highest BCUT2D eigenvalue weighted by Gasteiger charge is 2.13. The first-order valence-corrected chi connectivity index (χ1v) is 6.44. The number of benzene rings is 2. The van der Waals surface area contributed by atoms with Gasteiger partial charge in [0.25, 0.3) is 0 Å². The summed E-state index contributed by atoms with van der Waals surface area (Å²) in [6.07, 6.45) is 0. The van der Waals surface area contributed by atoms with E-state index in [0.717, 1.165) is 22.7 Å². The maximum Gasteiger partial charge on any atom is 0.340 e. The van der Waals surface area contributed by atoms with Crippen LogP contribution in [0.25, 0.3) is 0 Å². The Kier molecular flexibility index (Phi) is 4.33. The third-order valence-electron chi connectivity index (χ3n) is 3.15. The van der Waals surface area contributed by atoms with Crippen molar-refractivity contribution >= 4 is 23.0 Å². The van der Waals surface area contributed by atoms with E-state index in [-0.39, 0.29) is 0 Å². The molecular weight excluding hydrogens is 268 g/mol. The van der Waals surface area contributed by atoms with Crippen molar-refractivity contribution < 1.29 is 14.3 Å². The number of carbonyl (C=O) groups excluding carboxylic acids is 1. The maximum atomic E-state index is 11.7. The zero-order valence-corrected chi connectivity index (χ0v) is 12.3. The summed E-state index contributed by atoms with van der Waals surface area (Å²) in [6.45, 7) is 1.85. The van der Waals surface area contributed by atoms with Gasteiger partial charge in [-0.2, -0.15) is 0 Å². The van der Waals surface area contributed by atoms with E-state index >= 15 is 0 Å². The normalized spacial score (nSPS) is 10.0. The number of esters is 1. The summed E-state index contributed by atoms with van der Waals surface area (Å²) in [7, 11) is 2.95. The molecule has 0 aliphatic rings. The van der Waals surface area contributed by atoms with Crippen molar-refractivity contribution in [3.63, 3.8) is 0 Å². The molecule has 0 fully saturated rings. The van der Waals surface area contributed by atoms with Gasteiger partial charge < -0.3 is 20.5 Å². The van der Waals surface area contributed by atoms with Crippen molar-refractivity contribution in [2.24, 2.45) is 0 Å². The first-order valence-electron chi connectivity index (χ1n) is 6.44. The SMILES string of the molecule is COC(=O)c1cc(Nc2cccc(OC)c2)cc(C)c1N. The molecule has 0 amide bonds. The lowest BCUT2D eigenvalue weighted by atomic mass is 10.1. The number of ether oxygens (including phenoxy) is 2. The van der Waals surface area contributed by atoms with Crippen LogP contribution in [0, 0.1) is 6.92 Å². The summed E-state index contributed by atoms with van der Waals surface area (Å²) in [5.41, 5.74) is 9.12. The Morgan fingerprint density at radius 3 is 2.57 bits per heavy atom. The minimum Gasteiger partial charge on any atom is -0.497 e. The number of methoxy groups -OCH3 is 2. The molecule has 2 rings (SSSR count). The van der Waals surface area contributed by atoms with Crippen molar-refractivity contribution in [1.29, 1.82) is 0 Å². The van der Waals surface area contributed by atoms with Crippen molar-refractivity contribution in [2.75, 3.05) is 25.3 Å². The number of hydrogen-bond acceptors (Lipinski definition) is 5. The van der Waals surface area contributed by atoms with E-state index in [4.69, 9.17) is 15.2 Å². The van der Waals surface area contributed by atoms with Gasteiger partial charge in [-0.15, -0.1) is 0 Å². The van der Waals surface area contributed by atoms with E-state index in [0.29, 0.717) is 11.3 Å². The van der Waals surface area contributed by atoms with Crippen molar-refractivity contribution in [3.05, 3.63) is 47.5 Å². The van der Waals surface area contributed by atoms with Gasteiger partial charge in [0.1, 0.15) is 5.75 Å². The summed E-state index contributed by atoms with van der Waals surface area (Å²) in [6, 6.07) is 11.1. The summed E-state index contributed by atoms with van der Waals surface area (Å²) >= 11 is 0. The van der Waals surface area contributed by atoms with E-state index in [1.54, 1.807) is 13.2 Å². The van der Waals surface area contributed by atoms with Gasteiger partial charge in [-0.1, -0.05) is 6.07 Å². The quantitative estimate of drug-likeness (QED) is 0.667. The molecule has 2 aromatic rings. The second-order valence-corrected chi connectivity index (χ2v) is 4.60. The van der Waals surface area contributed by atoms with Crippen molar-refractivity contribution in [1.82, 2.24) is 0 Å². The summed E-state index contributed by atoms with van der Waals surface area (Å²) in [5.74, 6) is 0.297. The fraction of sp³-hybridized carbons (Fsp3) is 0.188. The van der Waals surface area contributed by atoms with Gasteiger partial charge in [-0.05, 0) is 36.8 Å². The molecule has 0 saturated heterocycles. The average Bonchev–Trinajstić information content (AvgIpc) is 2.50. The van der Waals surface area contributed by atoms with Gasteiger partial charge in [-0.25, -0.2) is 4.79 Å². The number of hydrogen-bond donors (Lipinski definition) is 2. The van der Waals surface area contributed by atoms with E-state index in [9.17, 15) is 4.79 Å². The lowest BCUT2D eigenvalue weighted by molar-refractivity contribution is 0.0602. The number of aryl methyl sites for hydroxylation is 1. The van der Waals surface area contributed by atoms with E-state index in [1.807, 2.05) is 37.3 Å². The summed E-state index contributed by atoms with van der Waals surface area (Å²) in [5, 5.41) is 3.22. The number of nitrogen functional groups attached to an aromatic ring is 1. The van der Waals surface area contributed by atoms with E-state index < -0.39 is 5.97 Å². The zero-order valence-electron chi connectivity index (χ0n) is 12.3. The number of nitrogens with two attached hydrogens (primary N) is 1. The molecule has 0 heterocycles. The van der Waals surface area contributed by atoms with Crippen LogP contribution in [-0.4, -0.2) is 20.2 Å². The standard InChI is InChI=1S/C16H18N2O3/c1-10-7-12(9-14(15(10)17)16(19)21-3)18-11-5-4-6-13(8-11)20-2/h4-9,18H,17H2,1-3H3. The fourth-order valence-electron chi connectivity index (χ4n) is 2.02. The first-order chi connectivity index (χ1) is 10.0. The van der Waals surface area contributed by atoms with Crippen LogP contribution in [0.3, 0.4) is 0 Å². The molecule has 0 aliphatic carbocycles. The monoisotopic (exact) mass is 286 g/mol. The third kappa shape index (κ3) is 3.25. The van der Waals surface area contributed by atoms with Crippen LogP contribution in [0.4, 0.5) is 17.1 Å².